The van der Waals surface area contributed by atoms with Crippen molar-refractivity contribution in [1.29, 1.82) is 0 Å². The lowest BCUT2D eigenvalue weighted by atomic mass is 10.0. The molecule has 0 heterocycles. The normalized spacial score (nSPS) is 12.1. The Bertz CT molecular complexity index is 840. The van der Waals surface area contributed by atoms with Crippen LogP contribution in [0, 0.1) is 10.1 Å². The number of thiocarbonyl (C=S) groups is 1. The van der Waals surface area contributed by atoms with Crippen LogP contribution in [0.25, 0.3) is 0 Å². The molecule has 0 aromatic heterocycles. The topological polar surface area (TPSA) is 96.3 Å². The second-order valence-electron chi connectivity index (χ2n) is 9.65. The van der Waals surface area contributed by atoms with E-state index >= 15 is 0 Å². The van der Waals surface area contributed by atoms with E-state index in [2.05, 4.69) is 22.9 Å². The zero-order valence-electron chi connectivity index (χ0n) is 22.4. The van der Waals surface area contributed by atoms with E-state index < -0.39 is 14.9 Å². The molecule has 0 aliphatic rings. The molecule has 1 aromatic carbocycles. The molecule has 0 fully saturated rings. The van der Waals surface area contributed by atoms with Crippen LogP contribution >= 0.6 is 47.0 Å². The number of carbonyl (C=O) groups excluding carboxylic acids is 1. The Hall–Kier alpha value is -1.35. The molecular weight excluding hydrogens is 567 g/mol. The number of nitrogens with one attached hydrogen (secondary N) is 3. The van der Waals surface area contributed by atoms with Gasteiger partial charge < -0.3 is 16.0 Å². The van der Waals surface area contributed by atoms with E-state index in [-0.39, 0.29) is 16.7 Å². The Kier molecular flexibility index (Phi) is 18.7. The summed E-state index contributed by atoms with van der Waals surface area (Å²) < 4.78 is -1.86. The lowest BCUT2D eigenvalue weighted by Crippen LogP contribution is -2.56. The first-order chi connectivity index (χ1) is 18.1. The highest BCUT2D eigenvalue weighted by Gasteiger charge is 2.34. The number of rotatable bonds is 20. The van der Waals surface area contributed by atoms with Gasteiger partial charge in [-0.3, -0.25) is 14.9 Å². The van der Waals surface area contributed by atoms with Gasteiger partial charge in [-0.25, -0.2) is 0 Å². The summed E-state index contributed by atoms with van der Waals surface area (Å²) in [5.41, 5.74) is 0.302. The van der Waals surface area contributed by atoms with Gasteiger partial charge in [0.1, 0.15) is 6.17 Å². The summed E-state index contributed by atoms with van der Waals surface area (Å²) in [4.78, 5) is 22.9. The molecule has 0 aliphatic carbocycles. The molecule has 1 atom stereocenters. The van der Waals surface area contributed by atoms with Crippen molar-refractivity contribution in [1.82, 2.24) is 10.6 Å². The summed E-state index contributed by atoms with van der Waals surface area (Å²) in [6, 6.07) is 5.83. The molecule has 1 amide bonds. The highest BCUT2D eigenvalue weighted by molar-refractivity contribution is 7.80. The molecule has 38 heavy (non-hydrogen) atoms. The lowest BCUT2D eigenvalue weighted by molar-refractivity contribution is -0.384. The molecule has 3 N–H and O–H groups in total. The molecule has 0 bridgehead atoms. The van der Waals surface area contributed by atoms with E-state index in [0.29, 0.717) is 12.1 Å². The molecule has 11 heteroatoms. The standard InChI is InChI=1S/C27H43Cl3N4O3S/c1-2-3-4-5-6-7-8-9-10-11-12-13-14-15-16-20-24(35)32-25(27(28,29)30)33-26(38)31-22-18-17-19-23(21-22)34(36)37/h17-19,21,25H,2-16,20H2,1H3,(H,32,35)(H2,31,33,38)/t25-/m0/s1. The van der Waals surface area contributed by atoms with Crippen molar-refractivity contribution in [3.05, 3.63) is 34.4 Å². The minimum absolute atomic E-state index is 0.0501. The van der Waals surface area contributed by atoms with Gasteiger partial charge >= 0.3 is 0 Å². The zero-order chi connectivity index (χ0) is 28.2. The molecule has 0 aliphatic heterocycles. The van der Waals surface area contributed by atoms with Crippen LogP contribution in [-0.4, -0.2) is 25.9 Å². The van der Waals surface area contributed by atoms with Crippen molar-refractivity contribution >= 4 is 69.4 Å². The fourth-order valence-corrected chi connectivity index (χ4v) is 4.65. The van der Waals surface area contributed by atoms with E-state index in [9.17, 15) is 14.9 Å². The van der Waals surface area contributed by atoms with Gasteiger partial charge in [0, 0.05) is 24.2 Å². The van der Waals surface area contributed by atoms with E-state index in [0.717, 1.165) is 19.3 Å². The molecule has 0 spiro atoms. The fourth-order valence-electron chi connectivity index (χ4n) is 4.09. The smallest absolute Gasteiger partial charge is 0.271 e. The number of carbonyl (C=O) groups is 1. The second kappa shape index (κ2) is 20.5. The SMILES string of the molecule is CCCCCCCCCCCCCCCCCC(=O)N[C@@H](NC(=S)Nc1cccc([N+](=O)[O-])c1)C(Cl)(Cl)Cl. The summed E-state index contributed by atoms with van der Waals surface area (Å²) in [6.45, 7) is 2.25. The number of hydrogen-bond acceptors (Lipinski definition) is 4. The first-order valence-electron chi connectivity index (χ1n) is 13.8. The number of amides is 1. The minimum atomic E-state index is -1.86. The van der Waals surface area contributed by atoms with Gasteiger partial charge in [0.25, 0.3) is 5.69 Å². The van der Waals surface area contributed by atoms with Crippen molar-refractivity contribution < 1.29 is 9.72 Å². The monoisotopic (exact) mass is 608 g/mol. The van der Waals surface area contributed by atoms with Crippen molar-refractivity contribution in [2.24, 2.45) is 0 Å². The third-order valence-corrected chi connectivity index (χ3v) is 7.10. The summed E-state index contributed by atoms with van der Waals surface area (Å²) in [5.74, 6) is -0.248. The summed E-state index contributed by atoms with van der Waals surface area (Å²) in [6.07, 6.45) is 18.1. The van der Waals surface area contributed by atoms with Crippen LogP contribution in [0.15, 0.2) is 24.3 Å². The first kappa shape index (κ1) is 34.7. The van der Waals surface area contributed by atoms with Crippen LogP contribution in [0.1, 0.15) is 110 Å². The van der Waals surface area contributed by atoms with E-state index in [1.54, 1.807) is 6.07 Å². The van der Waals surface area contributed by atoms with Crippen LogP contribution in [0.2, 0.25) is 0 Å². The molecule has 216 valence electrons. The molecule has 7 nitrogen and oxygen atoms in total. The number of unbranched alkanes of at least 4 members (excludes halogenated alkanes) is 14. The van der Waals surface area contributed by atoms with E-state index in [1.165, 1.54) is 95.2 Å². The quantitative estimate of drug-likeness (QED) is 0.0341. The van der Waals surface area contributed by atoms with Crippen LogP contribution in [0.4, 0.5) is 11.4 Å². The number of nitro groups is 1. The van der Waals surface area contributed by atoms with Gasteiger partial charge in [-0.1, -0.05) is 138 Å². The maximum absolute atomic E-state index is 12.4. The summed E-state index contributed by atoms with van der Waals surface area (Å²) in [7, 11) is 0. The minimum Gasteiger partial charge on any atom is -0.339 e. The van der Waals surface area contributed by atoms with Gasteiger partial charge in [-0.2, -0.15) is 0 Å². The molecule has 0 unspecified atom stereocenters. The number of hydrogen-bond donors (Lipinski definition) is 3. The van der Waals surface area contributed by atoms with Gasteiger partial charge in [-0.15, -0.1) is 0 Å². The Labute approximate surface area is 248 Å². The Balaban J connectivity index is 2.19. The number of benzene rings is 1. The van der Waals surface area contributed by atoms with Gasteiger partial charge in [0.05, 0.1) is 4.92 Å². The van der Waals surface area contributed by atoms with Gasteiger partial charge in [0.2, 0.25) is 9.70 Å². The Morgan fingerprint density at radius 3 is 1.87 bits per heavy atom. The maximum atomic E-state index is 12.4. The van der Waals surface area contributed by atoms with Crippen molar-refractivity contribution in [2.75, 3.05) is 5.32 Å². The second-order valence-corrected chi connectivity index (χ2v) is 12.4. The first-order valence-corrected chi connectivity index (χ1v) is 15.4. The number of halogens is 3. The molecule has 1 rings (SSSR count). The zero-order valence-corrected chi connectivity index (χ0v) is 25.5. The summed E-state index contributed by atoms with van der Waals surface area (Å²) in [5, 5.41) is 19.2. The highest BCUT2D eigenvalue weighted by Crippen LogP contribution is 2.29. The largest absolute Gasteiger partial charge is 0.339 e. The predicted molar refractivity (Wildman–Crippen MR) is 164 cm³/mol. The van der Waals surface area contributed by atoms with Crippen LogP contribution in [0.3, 0.4) is 0 Å². The molecule has 1 aromatic rings. The van der Waals surface area contributed by atoms with Crippen molar-refractivity contribution in [2.45, 2.75) is 120 Å². The fraction of sp³-hybridized carbons (Fsp3) is 0.704. The molecule has 0 radical (unpaired) electrons. The van der Waals surface area contributed by atoms with E-state index in [1.807, 2.05) is 0 Å². The average Bonchev–Trinajstić information content (AvgIpc) is 2.85. The van der Waals surface area contributed by atoms with Gasteiger partial charge in [-0.05, 0) is 24.7 Å². The van der Waals surface area contributed by atoms with Crippen LogP contribution in [-0.2, 0) is 4.79 Å². The average molecular weight is 610 g/mol. The number of non-ortho nitro benzene ring substituents is 1. The van der Waals surface area contributed by atoms with Crippen molar-refractivity contribution in [3.63, 3.8) is 0 Å². The maximum Gasteiger partial charge on any atom is 0.271 e. The number of nitro benzene ring substituents is 1. The molecule has 0 saturated heterocycles. The summed E-state index contributed by atoms with van der Waals surface area (Å²) >= 11 is 23.3. The lowest BCUT2D eigenvalue weighted by Gasteiger charge is -2.27. The number of anilines is 1. The molecule has 0 saturated carbocycles. The number of nitrogens with zero attached hydrogens (tertiary/aromatic N) is 1. The van der Waals surface area contributed by atoms with Gasteiger partial charge in [0.15, 0.2) is 5.11 Å². The Morgan fingerprint density at radius 2 is 1.39 bits per heavy atom. The predicted octanol–water partition coefficient (Wildman–Crippen LogP) is 8.96. The van der Waals surface area contributed by atoms with E-state index in [4.69, 9.17) is 47.0 Å². The third-order valence-electron chi connectivity index (χ3n) is 6.23. The van der Waals surface area contributed by atoms with Crippen molar-refractivity contribution in [3.8, 4) is 0 Å². The highest BCUT2D eigenvalue weighted by atomic mass is 35.6. The number of alkyl halides is 3. The van der Waals surface area contributed by atoms with Crippen LogP contribution < -0.4 is 16.0 Å². The van der Waals surface area contributed by atoms with Crippen LogP contribution in [0.5, 0.6) is 0 Å². The third kappa shape index (κ3) is 17.3. The molecular formula is C27H43Cl3N4O3S. The Morgan fingerprint density at radius 1 is 0.895 bits per heavy atom.